The molecule has 0 amide bonds. The normalized spacial score (nSPS) is 10.8. The number of hydrogen-bond donors (Lipinski definition) is 0. The SMILES string of the molecule is C=CCc1ccccc1OCc1ccc(-c2nc(-c3cccs3)no2)o1. The van der Waals surface area contributed by atoms with Gasteiger partial charge in [-0.2, -0.15) is 4.98 Å². The van der Waals surface area contributed by atoms with Crippen molar-refractivity contribution in [1.82, 2.24) is 10.1 Å². The van der Waals surface area contributed by atoms with Crippen LogP contribution in [0.2, 0.25) is 0 Å². The van der Waals surface area contributed by atoms with Gasteiger partial charge in [0.25, 0.3) is 5.89 Å². The Hall–Kier alpha value is -3.12. The lowest BCUT2D eigenvalue weighted by atomic mass is 10.1. The summed E-state index contributed by atoms with van der Waals surface area (Å²) in [7, 11) is 0. The van der Waals surface area contributed by atoms with Gasteiger partial charge in [-0.3, -0.25) is 0 Å². The van der Waals surface area contributed by atoms with E-state index in [4.69, 9.17) is 13.7 Å². The first-order chi connectivity index (χ1) is 12.8. The van der Waals surface area contributed by atoms with Gasteiger partial charge < -0.3 is 13.7 Å². The lowest BCUT2D eigenvalue weighted by Gasteiger charge is -2.08. The lowest BCUT2D eigenvalue weighted by Crippen LogP contribution is -1.97. The Balaban J connectivity index is 1.46. The Morgan fingerprint density at radius 3 is 2.88 bits per heavy atom. The Labute approximate surface area is 154 Å². The number of aromatic nitrogens is 2. The van der Waals surface area contributed by atoms with Crippen LogP contribution < -0.4 is 4.74 Å². The average molecular weight is 364 g/mol. The second kappa shape index (κ2) is 7.41. The highest BCUT2D eigenvalue weighted by Crippen LogP contribution is 2.27. The fourth-order valence-electron chi connectivity index (χ4n) is 2.52. The van der Waals surface area contributed by atoms with Crippen LogP contribution in [0.3, 0.4) is 0 Å². The van der Waals surface area contributed by atoms with Crippen molar-refractivity contribution < 1.29 is 13.7 Å². The summed E-state index contributed by atoms with van der Waals surface area (Å²) < 4.78 is 17.0. The van der Waals surface area contributed by atoms with E-state index in [1.165, 1.54) is 0 Å². The summed E-state index contributed by atoms with van der Waals surface area (Å²) in [5.74, 6) is 2.94. The van der Waals surface area contributed by atoms with E-state index in [1.54, 1.807) is 17.4 Å². The molecule has 6 heteroatoms. The minimum atomic E-state index is 0.320. The molecule has 0 radical (unpaired) electrons. The van der Waals surface area contributed by atoms with Crippen molar-refractivity contribution in [3.8, 4) is 28.1 Å². The van der Waals surface area contributed by atoms with E-state index in [0.717, 1.165) is 22.6 Å². The van der Waals surface area contributed by atoms with Crippen LogP contribution in [0.25, 0.3) is 22.4 Å². The Morgan fingerprint density at radius 2 is 2.04 bits per heavy atom. The Kier molecular flexibility index (Phi) is 4.66. The van der Waals surface area contributed by atoms with E-state index in [-0.39, 0.29) is 0 Å². The molecule has 1 aromatic carbocycles. The van der Waals surface area contributed by atoms with Gasteiger partial charge >= 0.3 is 0 Å². The predicted molar refractivity (Wildman–Crippen MR) is 100.0 cm³/mol. The molecule has 130 valence electrons. The standard InChI is InChI=1S/C20H16N2O3S/c1-2-6-14-7-3-4-8-16(14)23-13-15-10-11-17(24-15)20-21-19(22-25-20)18-9-5-12-26-18/h2-5,7-12H,1,6,13H2. The van der Waals surface area contributed by atoms with Crippen LogP contribution in [0.4, 0.5) is 0 Å². The highest BCUT2D eigenvalue weighted by molar-refractivity contribution is 7.13. The summed E-state index contributed by atoms with van der Waals surface area (Å²) in [6, 6.07) is 15.4. The van der Waals surface area contributed by atoms with Gasteiger partial charge in [-0.15, -0.1) is 17.9 Å². The predicted octanol–water partition coefficient (Wildman–Crippen LogP) is 5.37. The van der Waals surface area contributed by atoms with Crippen molar-refractivity contribution in [3.63, 3.8) is 0 Å². The quantitative estimate of drug-likeness (QED) is 0.413. The van der Waals surface area contributed by atoms with E-state index in [2.05, 4.69) is 16.7 Å². The second-order valence-corrected chi connectivity index (χ2v) is 6.50. The van der Waals surface area contributed by atoms with E-state index in [1.807, 2.05) is 53.9 Å². The number of hydrogen-bond acceptors (Lipinski definition) is 6. The zero-order chi connectivity index (χ0) is 17.8. The highest BCUT2D eigenvalue weighted by atomic mass is 32.1. The van der Waals surface area contributed by atoms with Crippen molar-refractivity contribution >= 4 is 11.3 Å². The molecule has 0 unspecified atom stereocenters. The summed E-state index contributed by atoms with van der Waals surface area (Å²) in [4.78, 5) is 5.33. The first-order valence-electron chi connectivity index (χ1n) is 8.12. The molecule has 0 spiro atoms. The first-order valence-corrected chi connectivity index (χ1v) is 9.00. The molecular formula is C20H16N2O3S. The van der Waals surface area contributed by atoms with E-state index < -0.39 is 0 Å². The number of para-hydroxylation sites is 1. The molecule has 0 atom stereocenters. The zero-order valence-corrected chi connectivity index (χ0v) is 14.7. The van der Waals surface area contributed by atoms with Crippen LogP contribution in [-0.4, -0.2) is 10.1 Å². The van der Waals surface area contributed by atoms with Gasteiger partial charge in [-0.1, -0.05) is 35.5 Å². The summed E-state index contributed by atoms with van der Waals surface area (Å²) >= 11 is 1.56. The summed E-state index contributed by atoms with van der Waals surface area (Å²) in [5.41, 5.74) is 1.09. The van der Waals surface area contributed by atoms with Crippen LogP contribution in [0, 0.1) is 0 Å². The number of ether oxygens (including phenoxy) is 1. The number of allylic oxidation sites excluding steroid dienone is 1. The molecule has 5 nitrogen and oxygen atoms in total. The fourth-order valence-corrected chi connectivity index (χ4v) is 3.17. The summed E-state index contributed by atoms with van der Waals surface area (Å²) in [6.45, 7) is 4.10. The number of rotatable bonds is 7. The maximum absolute atomic E-state index is 5.88. The Bertz CT molecular complexity index is 1000. The van der Waals surface area contributed by atoms with Crippen LogP contribution in [0.5, 0.6) is 5.75 Å². The minimum Gasteiger partial charge on any atom is -0.485 e. The third-order valence-corrected chi connectivity index (χ3v) is 4.61. The average Bonchev–Trinajstić information content (AvgIpc) is 3.41. The molecule has 26 heavy (non-hydrogen) atoms. The number of furan rings is 1. The Morgan fingerprint density at radius 1 is 1.12 bits per heavy atom. The molecule has 3 aromatic heterocycles. The molecule has 0 N–H and O–H groups in total. The van der Waals surface area contributed by atoms with Crippen molar-refractivity contribution in [3.05, 3.63) is 77.9 Å². The maximum atomic E-state index is 5.88. The van der Waals surface area contributed by atoms with E-state index >= 15 is 0 Å². The summed E-state index contributed by atoms with van der Waals surface area (Å²) in [5, 5.41) is 5.96. The van der Waals surface area contributed by atoms with Gasteiger partial charge in [0.15, 0.2) is 5.76 Å². The fraction of sp³-hybridized carbons (Fsp3) is 0.100. The van der Waals surface area contributed by atoms with Gasteiger partial charge in [0, 0.05) is 0 Å². The largest absolute Gasteiger partial charge is 0.485 e. The molecule has 4 aromatic rings. The molecule has 0 fully saturated rings. The minimum absolute atomic E-state index is 0.320. The second-order valence-electron chi connectivity index (χ2n) is 5.56. The van der Waals surface area contributed by atoms with Gasteiger partial charge in [0.05, 0.1) is 4.88 Å². The van der Waals surface area contributed by atoms with Gasteiger partial charge in [0.2, 0.25) is 5.82 Å². The van der Waals surface area contributed by atoms with Crippen LogP contribution >= 0.6 is 11.3 Å². The maximum Gasteiger partial charge on any atom is 0.293 e. The van der Waals surface area contributed by atoms with Gasteiger partial charge in [-0.05, 0) is 41.6 Å². The third-order valence-electron chi connectivity index (χ3n) is 3.75. The molecule has 0 saturated carbocycles. The van der Waals surface area contributed by atoms with Gasteiger partial charge in [0.1, 0.15) is 18.1 Å². The van der Waals surface area contributed by atoms with Crippen molar-refractivity contribution in [2.24, 2.45) is 0 Å². The number of benzene rings is 1. The van der Waals surface area contributed by atoms with E-state index in [0.29, 0.717) is 29.8 Å². The van der Waals surface area contributed by atoms with Crippen molar-refractivity contribution in [1.29, 1.82) is 0 Å². The van der Waals surface area contributed by atoms with Crippen LogP contribution in [0.15, 0.2) is 75.5 Å². The number of thiophene rings is 1. The molecule has 0 aliphatic carbocycles. The molecule has 3 heterocycles. The smallest absolute Gasteiger partial charge is 0.293 e. The third kappa shape index (κ3) is 3.45. The first kappa shape index (κ1) is 16.4. The molecule has 0 aliphatic heterocycles. The number of nitrogens with zero attached hydrogens (tertiary/aromatic N) is 2. The molecule has 0 bridgehead atoms. The molecule has 4 rings (SSSR count). The van der Waals surface area contributed by atoms with Crippen LogP contribution in [-0.2, 0) is 13.0 Å². The van der Waals surface area contributed by atoms with E-state index in [9.17, 15) is 0 Å². The van der Waals surface area contributed by atoms with Crippen molar-refractivity contribution in [2.45, 2.75) is 13.0 Å². The highest BCUT2D eigenvalue weighted by Gasteiger charge is 2.15. The van der Waals surface area contributed by atoms with Gasteiger partial charge in [-0.25, -0.2) is 0 Å². The zero-order valence-electron chi connectivity index (χ0n) is 13.9. The van der Waals surface area contributed by atoms with Crippen LogP contribution in [0.1, 0.15) is 11.3 Å². The van der Waals surface area contributed by atoms with Crippen molar-refractivity contribution in [2.75, 3.05) is 0 Å². The monoisotopic (exact) mass is 364 g/mol. The topological polar surface area (TPSA) is 61.3 Å². The summed E-state index contributed by atoms with van der Waals surface area (Å²) in [6.07, 6.45) is 2.61. The molecule has 0 aliphatic rings. The molecule has 0 saturated heterocycles. The lowest BCUT2D eigenvalue weighted by molar-refractivity contribution is 0.268. The molecular weight excluding hydrogens is 348 g/mol.